The Bertz CT molecular complexity index is 875. The van der Waals surface area contributed by atoms with Crippen LogP contribution in [0.15, 0.2) is 53.5 Å². The van der Waals surface area contributed by atoms with Gasteiger partial charge >= 0.3 is 0 Å². The van der Waals surface area contributed by atoms with Gasteiger partial charge in [-0.1, -0.05) is 42.0 Å². The highest BCUT2D eigenvalue weighted by atomic mass is 16.5. The average molecular weight is 423 g/mol. The molecule has 2 aromatic carbocycles. The lowest BCUT2D eigenvalue weighted by atomic mass is 9.89. The van der Waals surface area contributed by atoms with Gasteiger partial charge in [-0.15, -0.1) is 0 Å². The molecule has 0 aliphatic carbocycles. The highest BCUT2D eigenvalue weighted by molar-refractivity contribution is 5.80. The van der Waals surface area contributed by atoms with Crippen molar-refractivity contribution < 1.29 is 9.84 Å². The molecule has 2 fully saturated rings. The van der Waals surface area contributed by atoms with E-state index in [1.807, 2.05) is 25.2 Å². The molecule has 6 nitrogen and oxygen atoms in total. The van der Waals surface area contributed by atoms with Crippen LogP contribution in [0.4, 0.5) is 5.69 Å². The van der Waals surface area contributed by atoms with E-state index in [0.717, 1.165) is 63.8 Å². The minimum Gasteiger partial charge on any atom is -0.506 e. The molecule has 0 radical (unpaired) electrons. The number of aromatic hydroxyl groups is 1. The summed E-state index contributed by atoms with van der Waals surface area (Å²) >= 11 is 0. The summed E-state index contributed by atoms with van der Waals surface area (Å²) in [6, 6.07) is 16.3. The molecule has 2 aliphatic rings. The number of anilines is 1. The fourth-order valence-corrected chi connectivity index (χ4v) is 4.62. The molecule has 0 bridgehead atoms. The molecule has 31 heavy (non-hydrogen) atoms. The van der Waals surface area contributed by atoms with Crippen molar-refractivity contribution >= 4 is 11.6 Å². The van der Waals surface area contributed by atoms with Gasteiger partial charge in [-0.05, 0) is 37.5 Å². The van der Waals surface area contributed by atoms with Crippen LogP contribution in [0.5, 0.6) is 5.75 Å². The van der Waals surface area contributed by atoms with E-state index in [0.29, 0.717) is 11.7 Å². The van der Waals surface area contributed by atoms with E-state index in [2.05, 4.69) is 51.3 Å². The summed E-state index contributed by atoms with van der Waals surface area (Å²) in [6.45, 7) is 7.26. The third kappa shape index (κ3) is 5.13. The molecule has 0 amide bonds. The smallest absolute Gasteiger partial charge is 0.193 e. The Morgan fingerprint density at radius 1 is 1.10 bits per heavy atom. The Balaban J connectivity index is 1.34. The molecule has 0 saturated carbocycles. The van der Waals surface area contributed by atoms with Crippen LogP contribution in [0.25, 0.3) is 0 Å². The van der Waals surface area contributed by atoms with Crippen molar-refractivity contribution in [3.8, 4) is 5.75 Å². The van der Waals surface area contributed by atoms with E-state index < -0.39 is 0 Å². The van der Waals surface area contributed by atoms with Gasteiger partial charge in [0.25, 0.3) is 0 Å². The first-order chi connectivity index (χ1) is 15.2. The Kier molecular flexibility index (Phi) is 6.97. The zero-order valence-corrected chi connectivity index (χ0v) is 18.6. The van der Waals surface area contributed by atoms with Gasteiger partial charge in [-0.25, -0.2) is 0 Å². The SMILES string of the molecule is CN=C(NCC1CCCOC1c1ccc(C)cc1)N1CCN(c2ccccc2O)CC1. The van der Waals surface area contributed by atoms with Crippen LogP contribution < -0.4 is 10.2 Å². The fourth-order valence-electron chi connectivity index (χ4n) is 4.62. The van der Waals surface area contributed by atoms with Crippen molar-refractivity contribution in [2.75, 3.05) is 51.3 Å². The molecule has 166 valence electrons. The number of nitrogens with zero attached hydrogens (tertiary/aromatic N) is 3. The molecule has 2 heterocycles. The van der Waals surface area contributed by atoms with Gasteiger partial charge in [0.05, 0.1) is 11.8 Å². The number of guanidine groups is 1. The highest BCUT2D eigenvalue weighted by Crippen LogP contribution is 2.33. The molecule has 2 atom stereocenters. The van der Waals surface area contributed by atoms with E-state index >= 15 is 0 Å². The fraction of sp³-hybridized carbons (Fsp3) is 0.480. The number of para-hydroxylation sites is 2. The maximum atomic E-state index is 10.1. The molecule has 4 rings (SSSR count). The second-order valence-electron chi connectivity index (χ2n) is 8.50. The van der Waals surface area contributed by atoms with Gasteiger partial charge in [-0.2, -0.15) is 0 Å². The summed E-state index contributed by atoms with van der Waals surface area (Å²) in [7, 11) is 1.85. The summed E-state index contributed by atoms with van der Waals surface area (Å²) in [5.41, 5.74) is 3.45. The lowest BCUT2D eigenvalue weighted by Gasteiger charge is -2.39. The van der Waals surface area contributed by atoms with Crippen LogP contribution in [0.3, 0.4) is 0 Å². The van der Waals surface area contributed by atoms with Crippen LogP contribution in [0, 0.1) is 12.8 Å². The van der Waals surface area contributed by atoms with Gasteiger partial charge in [0.15, 0.2) is 5.96 Å². The first-order valence-corrected chi connectivity index (χ1v) is 11.3. The van der Waals surface area contributed by atoms with Gasteiger partial charge < -0.3 is 25.0 Å². The maximum Gasteiger partial charge on any atom is 0.193 e. The second kappa shape index (κ2) is 10.1. The van der Waals surface area contributed by atoms with Crippen LogP contribution in [-0.2, 0) is 4.74 Å². The normalized spacial score (nSPS) is 22.5. The number of phenolic OH excluding ortho intramolecular Hbond substituents is 1. The zero-order valence-electron chi connectivity index (χ0n) is 18.6. The minimum absolute atomic E-state index is 0.137. The maximum absolute atomic E-state index is 10.1. The largest absolute Gasteiger partial charge is 0.506 e. The molecular formula is C25H34N4O2. The number of aliphatic imine (C=N–C) groups is 1. The van der Waals surface area contributed by atoms with Gasteiger partial charge in [-0.3, -0.25) is 4.99 Å². The average Bonchev–Trinajstić information content (AvgIpc) is 2.81. The molecule has 0 spiro atoms. The Morgan fingerprint density at radius 2 is 1.84 bits per heavy atom. The Labute approximate surface area is 185 Å². The van der Waals surface area contributed by atoms with Gasteiger partial charge in [0.1, 0.15) is 5.75 Å². The topological polar surface area (TPSA) is 60.3 Å². The zero-order chi connectivity index (χ0) is 21.6. The predicted octanol–water partition coefficient (Wildman–Crippen LogP) is 3.57. The van der Waals surface area contributed by atoms with Crippen molar-refractivity contribution in [1.29, 1.82) is 0 Å². The van der Waals surface area contributed by atoms with Crippen LogP contribution >= 0.6 is 0 Å². The first kappa shape index (κ1) is 21.5. The standard InChI is InChI=1S/C25H34N4O2/c1-19-9-11-20(12-10-19)24-21(6-5-17-31-24)18-27-25(26-2)29-15-13-28(14-16-29)22-7-3-4-8-23(22)30/h3-4,7-12,21,24,30H,5-6,13-18H2,1-2H3,(H,26,27). The number of phenols is 1. The number of rotatable bonds is 4. The molecule has 2 N–H and O–H groups in total. The molecule has 2 aromatic rings. The number of aryl methyl sites for hydroxylation is 1. The second-order valence-corrected chi connectivity index (χ2v) is 8.50. The quantitative estimate of drug-likeness (QED) is 0.583. The number of piperazine rings is 1. The summed E-state index contributed by atoms with van der Waals surface area (Å²) < 4.78 is 6.18. The lowest BCUT2D eigenvalue weighted by Crippen LogP contribution is -2.53. The Morgan fingerprint density at radius 3 is 2.55 bits per heavy atom. The molecule has 2 aliphatic heterocycles. The lowest BCUT2D eigenvalue weighted by molar-refractivity contribution is -0.0266. The van der Waals surface area contributed by atoms with Crippen molar-refractivity contribution in [2.24, 2.45) is 10.9 Å². The van der Waals surface area contributed by atoms with Gasteiger partial charge in [0.2, 0.25) is 0 Å². The number of ether oxygens (including phenoxy) is 1. The van der Waals surface area contributed by atoms with E-state index in [4.69, 9.17) is 4.74 Å². The number of nitrogens with one attached hydrogen (secondary N) is 1. The molecular weight excluding hydrogens is 388 g/mol. The van der Waals surface area contributed by atoms with Crippen molar-refractivity contribution in [3.63, 3.8) is 0 Å². The molecule has 2 unspecified atom stereocenters. The first-order valence-electron chi connectivity index (χ1n) is 11.3. The third-order valence-corrected chi connectivity index (χ3v) is 6.39. The van der Waals surface area contributed by atoms with Crippen LogP contribution in [0.2, 0.25) is 0 Å². The van der Waals surface area contributed by atoms with Crippen LogP contribution in [-0.4, -0.2) is 62.3 Å². The monoisotopic (exact) mass is 422 g/mol. The predicted molar refractivity (Wildman–Crippen MR) is 126 cm³/mol. The summed E-state index contributed by atoms with van der Waals surface area (Å²) in [5.74, 6) is 1.72. The summed E-state index contributed by atoms with van der Waals surface area (Å²) in [5, 5.41) is 13.8. The van der Waals surface area contributed by atoms with Crippen molar-refractivity contribution in [3.05, 3.63) is 59.7 Å². The van der Waals surface area contributed by atoms with E-state index in [-0.39, 0.29) is 6.10 Å². The minimum atomic E-state index is 0.137. The Hall–Kier alpha value is -2.73. The number of benzene rings is 2. The third-order valence-electron chi connectivity index (χ3n) is 6.39. The summed E-state index contributed by atoms with van der Waals surface area (Å²) in [4.78, 5) is 9.09. The van der Waals surface area contributed by atoms with Crippen LogP contribution in [0.1, 0.15) is 30.1 Å². The van der Waals surface area contributed by atoms with Crippen molar-refractivity contribution in [1.82, 2.24) is 10.2 Å². The molecule has 0 aromatic heterocycles. The number of hydrogen-bond donors (Lipinski definition) is 2. The van der Waals surface area contributed by atoms with Crippen molar-refractivity contribution in [2.45, 2.75) is 25.9 Å². The van der Waals surface area contributed by atoms with Gasteiger partial charge in [0, 0.05) is 52.3 Å². The summed E-state index contributed by atoms with van der Waals surface area (Å²) in [6.07, 6.45) is 2.40. The number of hydrogen-bond acceptors (Lipinski definition) is 4. The van der Waals surface area contributed by atoms with E-state index in [1.165, 1.54) is 11.1 Å². The molecule has 6 heteroatoms. The molecule has 2 saturated heterocycles. The van der Waals surface area contributed by atoms with E-state index in [1.54, 1.807) is 6.07 Å². The highest BCUT2D eigenvalue weighted by Gasteiger charge is 2.28. The van der Waals surface area contributed by atoms with E-state index in [9.17, 15) is 5.11 Å².